The van der Waals surface area contributed by atoms with Crippen LogP contribution < -0.4 is 15.9 Å². The summed E-state index contributed by atoms with van der Waals surface area (Å²) < 4.78 is 6.13. The Balaban J connectivity index is 1.84. The lowest BCUT2D eigenvalue weighted by molar-refractivity contribution is 0.0568. The molecule has 0 N–H and O–H groups in total. The van der Waals surface area contributed by atoms with Gasteiger partial charge in [0.15, 0.2) is 0 Å². The number of hydrogen-bond donors (Lipinski definition) is 0. The van der Waals surface area contributed by atoms with Crippen molar-refractivity contribution in [2.24, 2.45) is 5.92 Å². The van der Waals surface area contributed by atoms with E-state index >= 15 is 0 Å². The largest absolute Gasteiger partial charge is 0.376 e. The molecule has 2 unspecified atom stereocenters. The van der Waals surface area contributed by atoms with E-state index in [0.717, 1.165) is 0 Å². The molecule has 0 bridgehead atoms. The van der Waals surface area contributed by atoms with Gasteiger partial charge in [0, 0.05) is 17.9 Å². The minimum absolute atomic E-state index is 0.125. The zero-order valence-electron chi connectivity index (χ0n) is 16.2. The van der Waals surface area contributed by atoms with E-state index in [2.05, 4.69) is 101 Å². The van der Waals surface area contributed by atoms with Gasteiger partial charge in [0.05, 0.1) is 6.10 Å². The van der Waals surface area contributed by atoms with Crippen molar-refractivity contribution in [3.63, 3.8) is 0 Å². The summed E-state index contributed by atoms with van der Waals surface area (Å²) in [7, 11) is 1.24. The summed E-state index contributed by atoms with van der Waals surface area (Å²) in [5, 5.41) is 4.17. The van der Waals surface area contributed by atoms with E-state index in [4.69, 9.17) is 4.74 Å². The van der Waals surface area contributed by atoms with E-state index in [1.165, 1.54) is 40.7 Å². The summed E-state index contributed by atoms with van der Waals surface area (Å²) >= 11 is 3.92. The number of benzene rings is 3. The van der Waals surface area contributed by atoms with E-state index in [0.29, 0.717) is 10.7 Å². The van der Waals surface area contributed by atoms with Crippen molar-refractivity contribution in [3.8, 4) is 0 Å². The minimum atomic E-state index is -0.629. The molecule has 144 valence electrons. The van der Waals surface area contributed by atoms with Crippen molar-refractivity contribution in [3.05, 3.63) is 90.5 Å². The Labute approximate surface area is 178 Å². The molecule has 0 aromatic heterocycles. The Morgan fingerprint density at radius 2 is 1.39 bits per heavy atom. The maximum Gasteiger partial charge on any atom is 0.0866 e. The lowest BCUT2D eigenvalue weighted by Crippen LogP contribution is -2.28. The fourth-order valence-corrected chi connectivity index (χ4v) is 7.69. The van der Waals surface area contributed by atoms with Crippen molar-refractivity contribution >= 4 is 39.8 Å². The maximum atomic E-state index is 6.13. The Morgan fingerprint density at radius 3 is 1.93 bits per heavy atom. The van der Waals surface area contributed by atoms with Gasteiger partial charge in [-0.25, -0.2) is 0 Å². The van der Waals surface area contributed by atoms with Crippen LogP contribution in [0.1, 0.15) is 30.9 Å². The molecule has 0 amide bonds. The molecular formula is C25H26BrOP. The average Bonchev–Trinajstić information content (AvgIpc) is 3.17. The van der Waals surface area contributed by atoms with Gasteiger partial charge in [-0.15, -0.1) is 0 Å². The van der Waals surface area contributed by atoms with Gasteiger partial charge in [-0.2, -0.15) is 0 Å². The van der Waals surface area contributed by atoms with E-state index in [9.17, 15) is 0 Å². The van der Waals surface area contributed by atoms with Crippen molar-refractivity contribution < 1.29 is 4.74 Å². The molecule has 3 heteroatoms. The molecule has 3 aromatic rings. The summed E-state index contributed by atoms with van der Waals surface area (Å²) in [6, 6.07) is 30.8. The SMILES string of the molecule is CO[C@@H](c1ccccc1P(c1ccccc1)c1ccccc1)C1CCCC1Br. The summed E-state index contributed by atoms with van der Waals surface area (Å²) in [4.78, 5) is 0.533. The highest BCUT2D eigenvalue weighted by Crippen LogP contribution is 2.44. The normalized spacial score (nSPS) is 20.4. The van der Waals surface area contributed by atoms with Crippen LogP contribution in [0.15, 0.2) is 84.9 Å². The number of alkyl halides is 1. The van der Waals surface area contributed by atoms with Gasteiger partial charge in [-0.3, -0.25) is 0 Å². The number of hydrogen-bond acceptors (Lipinski definition) is 1. The van der Waals surface area contributed by atoms with E-state index in [-0.39, 0.29) is 6.10 Å². The smallest absolute Gasteiger partial charge is 0.0866 e. The molecule has 0 radical (unpaired) electrons. The fraction of sp³-hybridized carbons (Fsp3) is 0.280. The molecule has 3 aromatic carbocycles. The lowest BCUT2D eigenvalue weighted by atomic mass is 9.94. The lowest BCUT2D eigenvalue weighted by Gasteiger charge is -2.30. The molecule has 1 aliphatic carbocycles. The first-order chi connectivity index (χ1) is 13.8. The molecule has 28 heavy (non-hydrogen) atoms. The molecule has 3 atom stereocenters. The number of rotatable bonds is 6. The van der Waals surface area contributed by atoms with E-state index in [1.807, 2.05) is 7.11 Å². The number of halogens is 1. The van der Waals surface area contributed by atoms with Gasteiger partial charge in [-0.05, 0) is 42.2 Å². The Morgan fingerprint density at radius 1 is 0.821 bits per heavy atom. The minimum Gasteiger partial charge on any atom is -0.376 e. The Bertz CT molecular complexity index is 844. The predicted octanol–water partition coefficient (Wildman–Crippen LogP) is 5.70. The van der Waals surface area contributed by atoms with Gasteiger partial charge < -0.3 is 4.74 Å². The summed E-state index contributed by atoms with van der Waals surface area (Å²) in [6.07, 6.45) is 3.85. The summed E-state index contributed by atoms with van der Waals surface area (Å²) in [6.45, 7) is 0. The number of ether oxygens (including phenoxy) is 1. The van der Waals surface area contributed by atoms with Crippen LogP contribution in [0.2, 0.25) is 0 Å². The first kappa shape index (κ1) is 19.8. The monoisotopic (exact) mass is 452 g/mol. The van der Waals surface area contributed by atoms with Crippen LogP contribution in [0, 0.1) is 5.92 Å². The standard InChI is InChI=1S/C25H26BrOP/c1-27-25(21-16-10-17-23(21)26)22-15-8-9-18-24(22)28(19-11-4-2-5-12-19)20-13-6-3-7-14-20/h2-9,11-15,18,21,23,25H,10,16-17H2,1H3/t21?,23?,25-/m1/s1. The van der Waals surface area contributed by atoms with Gasteiger partial charge in [0.2, 0.25) is 0 Å². The summed E-state index contributed by atoms with van der Waals surface area (Å²) in [5.74, 6) is 0.523. The molecule has 1 fully saturated rings. The highest BCUT2D eigenvalue weighted by atomic mass is 79.9. The molecule has 1 saturated carbocycles. The second-order valence-electron chi connectivity index (χ2n) is 7.33. The van der Waals surface area contributed by atoms with Crippen LogP contribution in [0.25, 0.3) is 0 Å². The molecule has 1 aliphatic rings. The highest BCUT2D eigenvalue weighted by molar-refractivity contribution is 9.09. The first-order valence-electron chi connectivity index (χ1n) is 9.95. The molecule has 0 aliphatic heterocycles. The van der Waals surface area contributed by atoms with Crippen LogP contribution in [-0.4, -0.2) is 11.9 Å². The quantitative estimate of drug-likeness (QED) is 0.344. The second-order valence-corrected chi connectivity index (χ2v) is 10.7. The molecule has 4 rings (SSSR count). The molecule has 1 nitrogen and oxygen atoms in total. The van der Waals surface area contributed by atoms with Crippen molar-refractivity contribution in [2.45, 2.75) is 30.2 Å². The van der Waals surface area contributed by atoms with Gasteiger partial charge >= 0.3 is 0 Å². The van der Waals surface area contributed by atoms with Crippen LogP contribution in [0.5, 0.6) is 0 Å². The third-order valence-corrected chi connectivity index (χ3v) is 9.29. The third-order valence-electron chi connectivity index (χ3n) is 5.64. The number of methoxy groups -OCH3 is 1. The zero-order chi connectivity index (χ0) is 19.3. The first-order valence-corrected chi connectivity index (χ1v) is 12.2. The molecule has 0 heterocycles. The van der Waals surface area contributed by atoms with Crippen LogP contribution in [0.4, 0.5) is 0 Å². The Kier molecular flexibility index (Phi) is 6.62. The highest BCUT2D eigenvalue weighted by Gasteiger charge is 2.35. The van der Waals surface area contributed by atoms with E-state index in [1.54, 1.807) is 0 Å². The Hall–Kier alpha value is -1.47. The zero-order valence-corrected chi connectivity index (χ0v) is 18.7. The van der Waals surface area contributed by atoms with Crippen LogP contribution in [0.3, 0.4) is 0 Å². The predicted molar refractivity (Wildman–Crippen MR) is 125 cm³/mol. The second kappa shape index (κ2) is 9.35. The fourth-order valence-electron chi connectivity index (χ4n) is 4.33. The molecule has 0 spiro atoms. The average molecular weight is 453 g/mol. The van der Waals surface area contributed by atoms with Crippen LogP contribution in [-0.2, 0) is 4.74 Å². The van der Waals surface area contributed by atoms with Gasteiger partial charge in [0.25, 0.3) is 0 Å². The van der Waals surface area contributed by atoms with Gasteiger partial charge in [0.1, 0.15) is 0 Å². The van der Waals surface area contributed by atoms with Crippen LogP contribution >= 0.6 is 23.9 Å². The van der Waals surface area contributed by atoms with Crippen molar-refractivity contribution in [1.29, 1.82) is 0 Å². The molecular weight excluding hydrogens is 427 g/mol. The molecule has 0 saturated heterocycles. The summed E-state index contributed by atoms with van der Waals surface area (Å²) in [5.41, 5.74) is 1.35. The van der Waals surface area contributed by atoms with E-state index < -0.39 is 7.92 Å². The van der Waals surface area contributed by atoms with Crippen molar-refractivity contribution in [1.82, 2.24) is 0 Å². The van der Waals surface area contributed by atoms with Crippen molar-refractivity contribution in [2.75, 3.05) is 7.11 Å². The van der Waals surface area contributed by atoms with Gasteiger partial charge in [-0.1, -0.05) is 107 Å². The maximum absolute atomic E-state index is 6.13. The topological polar surface area (TPSA) is 9.23 Å². The third kappa shape index (κ3) is 4.10.